The zero-order valence-corrected chi connectivity index (χ0v) is 16.1. The molecule has 0 unspecified atom stereocenters. The standard InChI is InChI=1S/C21H20ClN3O3/c1-2-25(14-19(26)23-13-15-7-9-16(22)10-8-15)21(27)12-11-20-24-17-5-3-4-6-18(17)28-20/h3-12H,2,13-14H2,1H3,(H,23,26)/b12-11+. The molecule has 2 aromatic carbocycles. The molecule has 0 bridgehead atoms. The molecule has 0 radical (unpaired) electrons. The van der Waals surface area contributed by atoms with Crippen LogP contribution in [0, 0.1) is 0 Å². The summed E-state index contributed by atoms with van der Waals surface area (Å²) in [7, 11) is 0. The van der Waals surface area contributed by atoms with E-state index in [4.69, 9.17) is 16.0 Å². The van der Waals surface area contributed by atoms with Crippen LogP contribution in [0.25, 0.3) is 17.2 Å². The highest BCUT2D eigenvalue weighted by molar-refractivity contribution is 6.30. The lowest BCUT2D eigenvalue weighted by Crippen LogP contribution is -2.39. The Hall–Kier alpha value is -3.12. The largest absolute Gasteiger partial charge is 0.437 e. The number of fused-ring (bicyclic) bond motifs is 1. The van der Waals surface area contributed by atoms with Gasteiger partial charge >= 0.3 is 0 Å². The molecule has 3 aromatic rings. The van der Waals surface area contributed by atoms with E-state index in [2.05, 4.69) is 10.3 Å². The van der Waals surface area contributed by atoms with Gasteiger partial charge in [-0.2, -0.15) is 0 Å². The minimum absolute atomic E-state index is 0.0270. The Kier molecular flexibility index (Phi) is 6.45. The third kappa shape index (κ3) is 5.20. The molecule has 1 N–H and O–H groups in total. The van der Waals surface area contributed by atoms with Gasteiger partial charge in [-0.3, -0.25) is 9.59 Å². The first-order valence-corrected chi connectivity index (χ1v) is 9.26. The summed E-state index contributed by atoms with van der Waals surface area (Å²) in [5.74, 6) is -0.176. The zero-order valence-electron chi connectivity index (χ0n) is 15.4. The topological polar surface area (TPSA) is 75.4 Å². The molecule has 0 aliphatic carbocycles. The third-order valence-corrected chi connectivity index (χ3v) is 4.36. The number of benzene rings is 2. The number of nitrogens with zero attached hydrogens (tertiary/aromatic N) is 2. The van der Waals surface area contributed by atoms with Crippen LogP contribution in [-0.2, 0) is 16.1 Å². The molecule has 3 rings (SSSR count). The van der Waals surface area contributed by atoms with E-state index in [1.54, 1.807) is 12.1 Å². The van der Waals surface area contributed by atoms with Crippen LogP contribution >= 0.6 is 11.6 Å². The Morgan fingerprint density at radius 1 is 1.18 bits per heavy atom. The second-order valence-electron chi connectivity index (χ2n) is 6.11. The van der Waals surface area contributed by atoms with Crippen molar-refractivity contribution in [3.05, 3.63) is 71.1 Å². The monoisotopic (exact) mass is 397 g/mol. The molecule has 0 aliphatic rings. The Morgan fingerprint density at radius 2 is 1.93 bits per heavy atom. The molecule has 0 aliphatic heterocycles. The van der Waals surface area contributed by atoms with Crippen molar-refractivity contribution in [2.75, 3.05) is 13.1 Å². The fourth-order valence-corrected chi connectivity index (χ4v) is 2.71. The van der Waals surface area contributed by atoms with Gasteiger partial charge in [-0.1, -0.05) is 35.9 Å². The van der Waals surface area contributed by atoms with Crippen LogP contribution in [0.5, 0.6) is 0 Å². The average Bonchev–Trinajstić information content (AvgIpc) is 3.13. The molecule has 28 heavy (non-hydrogen) atoms. The number of likely N-dealkylation sites (N-methyl/N-ethyl adjacent to an activating group) is 1. The number of para-hydroxylation sites is 2. The average molecular weight is 398 g/mol. The molecule has 144 valence electrons. The van der Waals surface area contributed by atoms with Gasteiger partial charge in [0.15, 0.2) is 5.58 Å². The van der Waals surface area contributed by atoms with Crippen molar-refractivity contribution in [1.29, 1.82) is 0 Å². The summed E-state index contributed by atoms with van der Waals surface area (Å²) in [6.07, 6.45) is 2.87. The van der Waals surface area contributed by atoms with E-state index in [0.717, 1.165) is 11.1 Å². The van der Waals surface area contributed by atoms with Gasteiger partial charge in [0.25, 0.3) is 0 Å². The van der Waals surface area contributed by atoms with Crippen molar-refractivity contribution in [1.82, 2.24) is 15.2 Å². The maximum Gasteiger partial charge on any atom is 0.247 e. The summed E-state index contributed by atoms with van der Waals surface area (Å²) in [4.78, 5) is 30.3. The highest BCUT2D eigenvalue weighted by atomic mass is 35.5. The minimum Gasteiger partial charge on any atom is -0.437 e. The van der Waals surface area contributed by atoms with Crippen molar-refractivity contribution in [2.24, 2.45) is 0 Å². The summed E-state index contributed by atoms with van der Waals surface area (Å²) in [5, 5.41) is 3.44. The molecule has 0 spiro atoms. The Labute approximate surface area is 167 Å². The van der Waals surface area contributed by atoms with Gasteiger partial charge in [0, 0.05) is 30.3 Å². The predicted octanol–water partition coefficient (Wildman–Crippen LogP) is 3.66. The normalized spacial score (nSPS) is 11.1. The van der Waals surface area contributed by atoms with Crippen LogP contribution in [0.2, 0.25) is 5.02 Å². The lowest BCUT2D eigenvalue weighted by molar-refractivity contribution is -0.132. The second-order valence-corrected chi connectivity index (χ2v) is 6.55. The lowest BCUT2D eigenvalue weighted by atomic mass is 10.2. The number of amides is 2. The first-order valence-electron chi connectivity index (χ1n) is 8.89. The Morgan fingerprint density at radius 3 is 2.64 bits per heavy atom. The maximum atomic E-state index is 12.4. The van der Waals surface area contributed by atoms with Gasteiger partial charge in [-0.05, 0) is 36.8 Å². The predicted molar refractivity (Wildman–Crippen MR) is 109 cm³/mol. The fourth-order valence-electron chi connectivity index (χ4n) is 2.59. The number of nitrogens with one attached hydrogen (secondary N) is 1. The molecule has 0 atom stereocenters. The molecular formula is C21H20ClN3O3. The number of rotatable bonds is 7. The van der Waals surface area contributed by atoms with Gasteiger partial charge in [-0.25, -0.2) is 4.98 Å². The van der Waals surface area contributed by atoms with Gasteiger partial charge in [0.1, 0.15) is 5.52 Å². The van der Waals surface area contributed by atoms with Crippen molar-refractivity contribution < 1.29 is 14.0 Å². The van der Waals surface area contributed by atoms with Crippen LogP contribution in [0.1, 0.15) is 18.4 Å². The van der Waals surface area contributed by atoms with Crippen LogP contribution < -0.4 is 5.32 Å². The van der Waals surface area contributed by atoms with E-state index in [1.165, 1.54) is 17.1 Å². The van der Waals surface area contributed by atoms with Crippen LogP contribution in [-0.4, -0.2) is 34.8 Å². The van der Waals surface area contributed by atoms with Gasteiger partial charge in [-0.15, -0.1) is 0 Å². The number of halogens is 1. The molecular weight excluding hydrogens is 378 g/mol. The van der Waals surface area contributed by atoms with Crippen LogP contribution in [0.15, 0.2) is 59.0 Å². The molecule has 7 heteroatoms. The van der Waals surface area contributed by atoms with Crippen LogP contribution in [0.3, 0.4) is 0 Å². The van der Waals surface area contributed by atoms with Gasteiger partial charge in [0.05, 0.1) is 6.54 Å². The van der Waals surface area contributed by atoms with Crippen molar-refractivity contribution >= 4 is 40.6 Å². The van der Waals surface area contributed by atoms with Gasteiger partial charge < -0.3 is 14.6 Å². The summed E-state index contributed by atoms with van der Waals surface area (Å²) in [6.45, 7) is 2.57. The lowest BCUT2D eigenvalue weighted by Gasteiger charge is -2.18. The first-order chi connectivity index (χ1) is 13.5. The number of carbonyl (C=O) groups excluding carboxylic acids is 2. The SMILES string of the molecule is CCN(CC(=O)NCc1ccc(Cl)cc1)C(=O)/C=C/c1nc2ccccc2o1. The van der Waals surface area contributed by atoms with E-state index in [0.29, 0.717) is 29.6 Å². The minimum atomic E-state index is -0.286. The summed E-state index contributed by atoms with van der Waals surface area (Å²) < 4.78 is 5.55. The van der Waals surface area contributed by atoms with E-state index < -0.39 is 0 Å². The molecule has 6 nitrogen and oxygen atoms in total. The number of oxazole rings is 1. The van der Waals surface area contributed by atoms with Crippen molar-refractivity contribution in [3.63, 3.8) is 0 Å². The molecule has 0 saturated carbocycles. The fraction of sp³-hybridized carbons (Fsp3) is 0.190. The smallest absolute Gasteiger partial charge is 0.247 e. The summed E-state index contributed by atoms with van der Waals surface area (Å²) in [6, 6.07) is 14.6. The molecule has 1 aromatic heterocycles. The first kappa shape index (κ1) is 19.6. The van der Waals surface area contributed by atoms with Crippen LogP contribution in [0.4, 0.5) is 0 Å². The van der Waals surface area contributed by atoms with Gasteiger partial charge in [0.2, 0.25) is 17.7 Å². The number of carbonyl (C=O) groups is 2. The van der Waals surface area contributed by atoms with Crippen molar-refractivity contribution in [3.8, 4) is 0 Å². The van der Waals surface area contributed by atoms with E-state index >= 15 is 0 Å². The zero-order chi connectivity index (χ0) is 19.9. The van der Waals surface area contributed by atoms with Crippen molar-refractivity contribution in [2.45, 2.75) is 13.5 Å². The molecule has 0 saturated heterocycles. The third-order valence-electron chi connectivity index (χ3n) is 4.11. The number of hydrogen-bond donors (Lipinski definition) is 1. The second kappa shape index (κ2) is 9.19. The summed E-state index contributed by atoms with van der Waals surface area (Å²) in [5.41, 5.74) is 2.31. The maximum absolute atomic E-state index is 12.4. The Balaban J connectivity index is 1.54. The molecule has 2 amide bonds. The number of aromatic nitrogens is 1. The van der Waals surface area contributed by atoms with E-state index in [-0.39, 0.29) is 18.4 Å². The number of hydrogen-bond acceptors (Lipinski definition) is 4. The highest BCUT2D eigenvalue weighted by Gasteiger charge is 2.13. The Bertz CT molecular complexity index is 963. The molecule has 0 fully saturated rings. The molecule has 1 heterocycles. The van der Waals surface area contributed by atoms with E-state index in [9.17, 15) is 9.59 Å². The highest BCUT2D eigenvalue weighted by Crippen LogP contribution is 2.15. The quantitative estimate of drug-likeness (QED) is 0.617. The summed E-state index contributed by atoms with van der Waals surface area (Å²) >= 11 is 5.84. The van der Waals surface area contributed by atoms with E-state index in [1.807, 2.05) is 43.3 Å².